The Balaban J connectivity index is 1.58. The van der Waals surface area contributed by atoms with Crippen LogP contribution in [-0.2, 0) is 14.4 Å². The van der Waals surface area contributed by atoms with Gasteiger partial charge in [0.05, 0.1) is 24.5 Å². The minimum absolute atomic E-state index is 0.250. The van der Waals surface area contributed by atoms with Crippen molar-refractivity contribution in [2.45, 2.75) is 19.1 Å². The Morgan fingerprint density at radius 2 is 1.55 bits per heavy atom. The quantitative estimate of drug-likeness (QED) is 0.603. The van der Waals surface area contributed by atoms with E-state index in [-0.39, 0.29) is 11.8 Å². The van der Waals surface area contributed by atoms with Crippen LogP contribution in [0.1, 0.15) is 17.2 Å². The van der Waals surface area contributed by atoms with E-state index in [9.17, 15) is 9.59 Å². The topological polar surface area (TPSA) is 59.1 Å². The fraction of sp³-hybridized carbons (Fsp3) is 0.200. The van der Waals surface area contributed by atoms with E-state index in [0.29, 0.717) is 5.69 Å². The SMILES string of the molecule is COc1ccc([C@@H]2[C@@H]3C(=O)N(c4cccc(C)c4)C(=O)[C@H]3ON2c2ccccc2)cc1. The molecule has 2 aliphatic rings. The molecule has 6 heteroatoms. The Labute approximate surface area is 180 Å². The van der Waals surface area contributed by atoms with E-state index in [4.69, 9.17) is 9.57 Å². The van der Waals surface area contributed by atoms with Crippen molar-refractivity contribution < 1.29 is 19.2 Å². The first kappa shape index (κ1) is 19.3. The zero-order valence-corrected chi connectivity index (χ0v) is 17.3. The summed E-state index contributed by atoms with van der Waals surface area (Å²) in [6.07, 6.45) is -0.875. The molecule has 5 rings (SSSR count). The van der Waals surface area contributed by atoms with Crippen LogP contribution in [0.25, 0.3) is 0 Å². The number of ether oxygens (including phenoxy) is 1. The van der Waals surface area contributed by atoms with Crippen molar-refractivity contribution in [2.24, 2.45) is 5.92 Å². The van der Waals surface area contributed by atoms with Crippen molar-refractivity contribution in [2.75, 3.05) is 17.1 Å². The van der Waals surface area contributed by atoms with Crippen LogP contribution < -0.4 is 14.7 Å². The van der Waals surface area contributed by atoms with E-state index in [1.807, 2.05) is 79.7 Å². The van der Waals surface area contributed by atoms with Gasteiger partial charge in [-0.2, -0.15) is 0 Å². The summed E-state index contributed by atoms with van der Waals surface area (Å²) in [6, 6.07) is 24.0. The van der Waals surface area contributed by atoms with Crippen molar-refractivity contribution in [1.82, 2.24) is 0 Å². The lowest BCUT2D eigenvalue weighted by atomic mass is 9.90. The second kappa shape index (κ2) is 7.56. The third kappa shape index (κ3) is 3.16. The zero-order valence-electron chi connectivity index (χ0n) is 17.3. The molecule has 0 spiro atoms. The lowest BCUT2D eigenvalue weighted by Crippen LogP contribution is -2.37. The number of carbonyl (C=O) groups excluding carboxylic acids is 2. The Bertz CT molecular complexity index is 1130. The Morgan fingerprint density at radius 3 is 2.23 bits per heavy atom. The lowest BCUT2D eigenvalue weighted by molar-refractivity contribution is -0.126. The van der Waals surface area contributed by atoms with Gasteiger partial charge in [0.15, 0.2) is 6.10 Å². The van der Waals surface area contributed by atoms with Crippen LogP contribution in [0.3, 0.4) is 0 Å². The number of imide groups is 1. The maximum Gasteiger partial charge on any atom is 0.266 e. The van der Waals surface area contributed by atoms with E-state index in [0.717, 1.165) is 22.6 Å². The predicted molar refractivity (Wildman–Crippen MR) is 117 cm³/mol. The van der Waals surface area contributed by atoms with Gasteiger partial charge in [0, 0.05) is 0 Å². The van der Waals surface area contributed by atoms with Gasteiger partial charge >= 0.3 is 0 Å². The first-order chi connectivity index (χ1) is 15.1. The van der Waals surface area contributed by atoms with Crippen LogP contribution in [0.4, 0.5) is 11.4 Å². The summed E-state index contributed by atoms with van der Waals surface area (Å²) in [7, 11) is 1.61. The molecule has 156 valence electrons. The van der Waals surface area contributed by atoms with Gasteiger partial charge in [-0.15, -0.1) is 0 Å². The molecule has 0 N–H and O–H groups in total. The molecule has 3 aromatic carbocycles. The average Bonchev–Trinajstić information content (AvgIpc) is 3.30. The highest BCUT2D eigenvalue weighted by atomic mass is 16.7. The average molecular weight is 414 g/mol. The molecule has 2 amide bonds. The molecule has 2 saturated heterocycles. The molecule has 3 atom stereocenters. The lowest BCUT2D eigenvalue weighted by Gasteiger charge is -2.28. The highest BCUT2D eigenvalue weighted by molar-refractivity contribution is 6.23. The molecule has 31 heavy (non-hydrogen) atoms. The predicted octanol–water partition coefficient (Wildman–Crippen LogP) is 4.05. The maximum absolute atomic E-state index is 13.6. The molecule has 2 fully saturated rings. The smallest absolute Gasteiger partial charge is 0.266 e. The fourth-order valence-corrected chi connectivity index (χ4v) is 4.37. The summed E-state index contributed by atoms with van der Waals surface area (Å²) in [5, 5.41) is 1.69. The molecule has 3 aromatic rings. The molecule has 0 unspecified atom stereocenters. The molecule has 0 radical (unpaired) electrons. The van der Waals surface area contributed by atoms with E-state index >= 15 is 0 Å². The molecule has 2 aliphatic heterocycles. The van der Waals surface area contributed by atoms with E-state index in [2.05, 4.69) is 0 Å². The third-order valence-electron chi connectivity index (χ3n) is 5.84. The number of benzene rings is 3. The van der Waals surface area contributed by atoms with E-state index < -0.39 is 18.1 Å². The van der Waals surface area contributed by atoms with Crippen LogP contribution in [0.5, 0.6) is 5.75 Å². The number of rotatable bonds is 4. The monoisotopic (exact) mass is 414 g/mol. The van der Waals surface area contributed by atoms with Gasteiger partial charge in [0.1, 0.15) is 11.7 Å². The van der Waals surface area contributed by atoms with Crippen LogP contribution >= 0.6 is 0 Å². The second-order valence-electron chi connectivity index (χ2n) is 7.78. The van der Waals surface area contributed by atoms with Crippen molar-refractivity contribution in [3.8, 4) is 5.75 Å². The van der Waals surface area contributed by atoms with Gasteiger partial charge in [0.25, 0.3) is 5.91 Å². The largest absolute Gasteiger partial charge is 0.497 e. The second-order valence-corrected chi connectivity index (χ2v) is 7.78. The number of methoxy groups -OCH3 is 1. The molecule has 0 aromatic heterocycles. The van der Waals surface area contributed by atoms with E-state index in [1.165, 1.54) is 4.90 Å². The third-order valence-corrected chi connectivity index (χ3v) is 5.84. The molecule has 0 saturated carbocycles. The van der Waals surface area contributed by atoms with Gasteiger partial charge in [-0.1, -0.05) is 42.5 Å². The zero-order chi connectivity index (χ0) is 21.5. The number of carbonyl (C=O) groups is 2. The molecule has 6 nitrogen and oxygen atoms in total. The number of hydrogen-bond acceptors (Lipinski definition) is 5. The first-order valence-corrected chi connectivity index (χ1v) is 10.2. The molecule has 0 aliphatic carbocycles. The number of amides is 2. The van der Waals surface area contributed by atoms with Crippen LogP contribution in [0.15, 0.2) is 78.9 Å². The van der Waals surface area contributed by atoms with Crippen LogP contribution in [-0.4, -0.2) is 25.0 Å². The summed E-state index contributed by atoms with van der Waals surface area (Å²) in [4.78, 5) is 34.3. The number of hydrogen-bond donors (Lipinski definition) is 0. The minimum atomic E-state index is -0.875. The number of aryl methyl sites for hydroxylation is 1. The number of para-hydroxylation sites is 1. The normalized spacial score (nSPS) is 22.7. The minimum Gasteiger partial charge on any atom is -0.497 e. The van der Waals surface area contributed by atoms with Gasteiger partial charge in [-0.05, 0) is 54.4 Å². The summed E-state index contributed by atoms with van der Waals surface area (Å²) < 4.78 is 5.28. The Kier molecular flexibility index (Phi) is 4.71. The molecular weight excluding hydrogens is 392 g/mol. The number of fused-ring (bicyclic) bond motifs is 1. The van der Waals surface area contributed by atoms with Gasteiger partial charge in [0.2, 0.25) is 5.91 Å². The summed E-state index contributed by atoms with van der Waals surface area (Å²) in [6.45, 7) is 1.93. The number of nitrogens with zero attached hydrogens (tertiary/aromatic N) is 2. The van der Waals surface area contributed by atoms with Gasteiger partial charge in [-0.25, -0.2) is 9.96 Å². The first-order valence-electron chi connectivity index (χ1n) is 10.2. The standard InChI is InChI=1S/C25H22N2O4/c1-16-7-6-10-19(15-16)26-24(28)21-22(17-11-13-20(30-2)14-12-17)27(31-23(21)25(26)29)18-8-4-3-5-9-18/h3-15,21-23H,1-2H3/t21-,22+,23-/m0/s1. The number of anilines is 2. The van der Waals surface area contributed by atoms with Crippen molar-refractivity contribution in [1.29, 1.82) is 0 Å². The highest BCUT2D eigenvalue weighted by Gasteiger charge is 2.60. The van der Waals surface area contributed by atoms with Crippen molar-refractivity contribution >= 4 is 23.2 Å². The van der Waals surface area contributed by atoms with Crippen molar-refractivity contribution in [3.63, 3.8) is 0 Å². The van der Waals surface area contributed by atoms with Crippen molar-refractivity contribution in [3.05, 3.63) is 90.0 Å². The molecule has 2 heterocycles. The Hall–Kier alpha value is -3.64. The molecule has 0 bridgehead atoms. The summed E-state index contributed by atoms with van der Waals surface area (Å²) in [5.74, 6) is -0.514. The van der Waals surface area contributed by atoms with Crippen LogP contribution in [0.2, 0.25) is 0 Å². The summed E-state index contributed by atoms with van der Waals surface area (Å²) >= 11 is 0. The maximum atomic E-state index is 13.6. The van der Waals surface area contributed by atoms with Gasteiger partial charge in [-0.3, -0.25) is 14.4 Å². The van der Waals surface area contributed by atoms with Gasteiger partial charge < -0.3 is 4.74 Å². The molecular formula is C25H22N2O4. The Morgan fingerprint density at radius 1 is 0.839 bits per heavy atom. The van der Waals surface area contributed by atoms with E-state index in [1.54, 1.807) is 18.2 Å². The van der Waals surface area contributed by atoms with Crippen LogP contribution in [0, 0.1) is 12.8 Å². The summed E-state index contributed by atoms with van der Waals surface area (Å²) in [5.41, 5.74) is 3.23. The fourth-order valence-electron chi connectivity index (χ4n) is 4.37. The number of hydroxylamine groups is 1. The highest BCUT2D eigenvalue weighted by Crippen LogP contribution is 2.47.